The standard InChI is InChI=1S/C13H11F2N/c1-8-6-10(16)3-5-11(8)12-4-2-9(14)7-13(12)15/h2-7H,16H2,1H3. The lowest BCUT2D eigenvalue weighted by atomic mass is 9.99. The van der Waals surface area contributed by atoms with Crippen LogP contribution in [0.4, 0.5) is 14.5 Å². The molecule has 0 atom stereocenters. The van der Waals surface area contributed by atoms with E-state index < -0.39 is 11.6 Å². The van der Waals surface area contributed by atoms with E-state index in [1.807, 2.05) is 6.92 Å². The second kappa shape index (κ2) is 3.93. The van der Waals surface area contributed by atoms with Crippen molar-refractivity contribution < 1.29 is 8.78 Å². The van der Waals surface area contributed by atoms with Crippen LogP contribution in [0.3, 0.4) is 0 Å². The summed E-state index contributed by atoms with van der Waals surface area (Å²) in [5.74, 6) is -1.14. The zero-order valence-electron chi connectivity index (χ0n) is 8.80. The van der Waals surface area contributed by atoms with Gasteiger partial charge in [-0.15, -0.1) is 0 Å². The predicted molar refractivity (Wildman–Crippen MR) is 60.9 cm³/mol. The summed E-state index contributed by atoms with van der Waals surface area (Å²) < 4.78 is 26.3. The van der Waals surface area contributed by atoms with E-state index >= 15 is 0 Å². The topological polar surface area (TPSA) is 26.0 Å². The summed E-state index contributed by atoms with van der Waals surface area (Å²) in [5.41, 5.74) is 8.22. The lowest BCUT2D eigenvalue weighted by Gasteiger charge is -2.08. The third-order valence-electron chi connectivity index (χ3n) is 2.47. The van der Waals surface area contributed by atoms with E-state index in [0.717, 1.165) is 17.2 Å². The van der Waals surface area contributed by atoms with Gasteiger partial charge in [-0.1, -0.05) is 6.07 Å². The van der Waals surface area contributed by atoms with Gasteiger partial charge in [0, 0.05) is 17.3 Å². The van der Waals surface area contributed by atoms with Crippen LogP contribution < -0.4 is 5.73 Å². The van der Waals surface area contributed by atoms with E-state index in [0.29, 0.717) is 11.3 Å². The van der Waals surface area contributed by atoms with Crippen LogP contribution in [-0.2, 0) is 0 Å². The molecule has 1 nitrogen and oxygen atoms in total. The molecule has 0 radical (unpaired) electrons. The Balaban J connectivity index is 2.59. The molecule has 0 saturated carbocycles. The summed E-state index contributed by atoms with van der Waals surface area (Å²) in [5, 5.41) is 0. The van der Waals surface area contributed by atoms with Crippen LogP contribution >= 0.6 is 0 Å². The predicted octanol–water partition coefficient (Wildman–Crippen LogP) is 3.52. The number of halogens is 2. The fourth-order valence-corrected chi connectivity index (χ4v) is 1.70. The van der Waals surface area contributed by atoms with Crippen molar-refractivity contribution in [1.29, 1.82) is 0 Å². The molecule has 0 saturated heterocycles. The maximum absolute atomic E-state index is 13.5. The SMILES string of the molecule is Cc1cc(N)ccc1-c1ccc(F)cc1F. The summed E-state index contributed by atoms with van der Waals surface area (Å²) in [6.07, 6.45) is 0. The minimum atomic E-state index is -0.575. The van der Waals surface area contributed by atoms with E-state index in [4.69, 9.17) is 5.73 Å². The van der Waals surface area contributed by atoms with E-state index in [1.54, 1.807) is 18.2 Å². The molecule has 82 valence electrons. The summed E-state index contributed by atoms with van der Waals surface area (Å²) >= 11 is 0. The first-order valence-corrected chi connectivity index (χ1v) is 4.89. The summed E-state index contributed by atoms with van der Waals surface area (Å²) in [6, 6.07) is 8.76. The van der Waals surface area contributed by atoms with Crippen molar-refractivity contribution in [2.45, 2.75) is 6.92 Å². The molecule has 0 spiro atoms. The Morgan fingerprint density at radius 1 is 0.938 bits per heavy atom. The van der Waals surface area contributed by atoms with E-state index in [1.165, 1.54) is 12.1 Å². The number of benzene rings is 2. The Morgan fingerprint density at radius 3 is 2.25 bits per heavy atom. The molecule has 0 amide bonds. The Kier molecular flexibility index (Phi) is 2.60. The summed E-state index contributed by atoms with van der Waals surface area (Å²) in [7, 11) is 0. The number of hydrogen-bond donors (Lipinski definition) is 1. The van der Waals surface area contributed by atoms with E-state index in [2.05, 4.69) is 0 Å². The maximum Gasteiger partial charge on any atom is 0.133 e. The minimum absolute atomic E-state index is 0.388. The molecule has 0 aliphatic rings. The Labute approximate surface area is 92.5 Å². The van der Waals surface area contributed by atoms with Gasteiger partial charge >= 0.3 is 0 Å². The first-order valence-electron chi connectivity index (χ1n) is 4.89. The quantitative estimate of drug-likeness (QED) is 0.729. The van der Waals surface area contributed by atoms with Crippen LogP contribution in [0.25, 0.3) is 11.1 Å². The molecule has 2 rings (SSSR count). The Bertz CT molecular complexity index is 486. The van der Waals surface area contributed by atoms with Crippen LogP contribution in [-0.4, -0.2) is 0 Å². The molecule has 2 aromatic carbocycles. The smallest absolute Gasteiger partial charge is 0.133 e. The highest BCUT2D eigenvalue weighted by atomic mass is 19.1. The number of anilines is 1. The van der Waals surface area contributed by atoms with Crippen LogP contribution in [0.15, 0.2) is 36.4 Å². The fourth-order valence-electron chi connectivity index (χ4n) is 1.70. The molecule has 0 heterocycles. The number of hydrogen-bond acceptors (Lipinski definition) is 1. The van der Waals surface area contributed by atoms with Crippen molar-refractivity contribution in [3.05, 3.63) is 53.6 Å². The normalized spacial score (nSPS) is 10.4. The second-order valence-corrected chi connectivity index (χ2v) is 3.70. The third kappa shape index (κ3) is 1.89. The number of rotatable bonds is 1. The minimum Gasteiger partial charge on any atom is -0.399 e. The lowest BCUT2D eigenvalue weighted by molar-refractivity contribution is 0.585. The van der Waals surface area contributed by atoms with Gasteiger partial charge in [-0.2, -0.15) is 0 Å². The van der Waals surface area contributed by atoms with Crippen LogP contribution in [0.2, 0.25) is 0 Å². The van der Waals surface area contributed by atoms with Gasteiger partial charge in [0.1, 0.15) is 11.6 Å². The number of nitrogen functional groups attached to an aromatic ring is 1. The monoisotopic (exact) mass is 219 g/mol. The van der Waals surface area contributed by atoms with E-state index in [9.17, 15) is 8.78 Å². The molecule has 0 fully saturated rings. The zero-order valence-corrected chi connectivity index (χ0v) is 8.80. The molecule has 2 aromatic rings. The van der Waals surface area contributed by atoms with Gasteiger partial charge in [0.05, 0.1) is 0 Å². The molecule has 0 bridgehead atoms. The van der Waals surface area contributed by atoms with Crippen LogP contribution in [0, 0.1) is 18.6 Å². The van der Waals surface area contributed by atoms with Gasteiger partial charge in [-0.05, 0) is 42.3 Å². The first-order chi connectivity index (χ1) is 7.58. The van der Waals surface area contributed by atoms with Crippen molar-refractivity contribution in [2.75, 3.05) is 5.73 Å². The van der Waals surface area contributed by atoms with Gasteiger partial charge in [0.15, 0.2) is 0 Å². The Hall–Kier alpha value is -1.90. The highest BCUT2D eigenvalue weighted by molar-refractivity contribution is 5.70. The van der Waals surface area contributed by atoms with Gasteiger partial charge < -0.3 is 5.73 Å². The van der Waals surface area contributed by atoms with E-state index in [-0.39, 0.29) is 0 Å². The maximum atomic E-state index is 13.5. The van der Waals surface area contributed by atoms with Crippen LogP contribution in [0.5, 0.6) is 0 Å². The molecule has 3 heteroatoms. The zero-order chi connectivity index (χ0) is 11.7. The first kappa shape index (κ1) is 10.6. The molecular weight excluding hydrogens is 208 g/mol. The molecule has 2 N–H and O–H groups in total. The van der Waals surface area contributed by atoms with Gasteiger partial charge in [-0.25, -0.2) is 8.78 Å². The van der Waals surface area contributed by atoms with Gasteiger partial charge in [-0.3, -0.25) is 0 Å². The van der Waals surface area contributed by atoms with Gasteiger partial charge in [0.25, 0.3) is 0 Å². The summed E-state index contributed by atoms with van der Waals surface area (Å²) in [6.45, 7) is 1.84. The van der Waals surface area contributed by atoms with Crippen molar-refractivity contribution >= 4 is 5.69 Å². The average molecular weight is 219 g/mol. The molecule has 0 unspecified atom stereocenters. The largest absolute Gasteiger partial charge is 0.399 e. The molecule has 0 aliphatic heterocycles. The van der Waals surface area contributed by atoms with Crippen LogP contribution in [0.1, 0.15) is 5.56 Å². The molecule has 0 aromatic heterocycles. The highest BCUT2D eigenvalue weighted by Gasteiger charge is 2.08. The highest BCUT2D eigenvalue weighted by Crippen LogP contribution is 2.27. The molecule has 0 aliphatic carbocycles. The fraction of sp³-hybridized carbons (Fsp3) is 0.0769. The lowest BCUT2D eigenvalue weighted by Crippen LogP contribution is -1.91. The number of aryl methyl sites for hydroxylation is 1. The molecular formula is C13H11F2N. The summed E-state index contributed by atoms with van der Waals surface area (Å²) in [4.78, 5) is 0. The second-order valence-electron chi connectivity index (χ2n) is 3.70. The van der Waals surface area contributed by atoms with Crippen molar-refractivity contribution in [2.24, 2.45) is 0 Å². The van der Waals surface area contributed by atoms with Crippen molar-refractivity contribution in [3.8, 4) is 11.1 Å². The number of nitrogens with two attached hydrogens (primary N) is 1. The van der Waals surface area contributed by atoms with Crippen molar-refractivity contribution in [3.63, 3.8) is 0 Å². The van der Waals surface area contributed by atoms with Gasteiger partial charge in [0.2, 0.25) is 0 Å². The average Bonchev–Trinajstić information content (AvgIpc) is 2.19. The Morgan fingerprint density at radius 2 is 1.62 bits per heavy atom. The van der Waals surface area contributed by atoms with Crippen molar-refractivity contribution in [1.82, 2.24) is 0 Å². The third-order valence-corrected chi connectivity index (χ3v) is 2.47. The molecule has 16 heavy (non-hydrogen) atoms.